The minimum atomic E-state index is -0.0954. The quantitative estimate of drug-likeness (QED) is 0.698. The normalized spacial score (nSPS) is 10.8. The molecule has 1 amide bonds. The third kappa shape index (κ3) is 3.65. The second-order valence-corrected chi connectivity index (χ2v) is 6.28. The molecule has 0 aliphatic carbocycles. The molecule has 5 nitrogen and oxygen atoms in total. The molecule has 130 valence electrons. The molecule has 0 saturated carbocycles. The van der Waals surface area contributed by atoms with Gasteiger partial charge in [-0.2, -0.15) is 5.10 Å². The van der Waals surface area contributed by atoms with Crippen molar-refractivity contribution < 1.29 is 4.79 Å². The van der Waals surface area contributed by atoms with Gasteiger partial charge >= 0.3 is 0 Å². The predicted molar refractivity (Wildman–Crippen MR) is 99.9 cm³/mol. The average Bonchev–Trinajstić information content (AvgIpc) is 3.22. The van der Waals surface area contributed by atoms with E-state index in [4.69, 9.17) is 5.10 Å². The Morgan fingerprint density at radius 3 is 2.60 bits per heavy atom. The van der Waals surface area contributed by atoms with Crippen LogP contribution >= 0.6 is 0 Å². The fourth-order valence-electron chi connectivity index (χ4n) is 2.75. The molecule has 2 aromatic heterocycles. The molecule has 0 fully saturated rings. The number of aryl methyl sites for hydroxylation is 2. The number of rotatable bonds is 6. The van der Waals surface area contributed by atoms with Gasteiger partial charge in [-0.15, -0.1) is 0 Å². The number of hydrogen-bond donors (Lipinski definition) is 1. The molecule has 0 spiro atoms. The van der Waals surface area contributed by atoms with Crippen molar-refractivity contribution in [3.05, 3.63) is 59.9 Å². The van der Waals surface area contributed by atoms with Gasteiger partial charge in [0.2, 0.25) is 0 Å². The lowest BCUT2D eigenvalue weighted by Gasteiger charge is -2.08. The van der Waals surface area contributed by atoms with Crippen LogP contribution in [0, 0.1) is 6.92 Å². The van der Waals surface area contributed by atoms with E-state index in [0.29, 0.717) is 12.2 Å². The molecule has 0 saturated heterocycles. The SMILES string of the molecule is CCCCNC(=O)c1cc(-c2cccn2C)nn1-c1ccc(C)cc1. The zero-order valence-electron chi connectivity index (χ0n) is 15.0. The molecule has 0 bridgehead atoms. The molecular weight excluding hydrogens is 312 g/mol. The van der Waals surface area contributed by atoms with Gasteiger partial charge in [0.05, 0.1) is 11.4 Å². The molecule has 25 heavy (non-hydrogen) atoms. The molecule has 1 N–H and O–H groups in total. The number of carbonyl (C=O) groups is 1. The third-order valence-electron chi connectivity index (χ3n) is 4.24. The van der Waals surface area contributed by atoms with Gasteiger partial charge in [-0.05, 0) is 43.7 Å². The maximum atomic E-state index is 12.7. The van der Waals surface area contributed by atoms with Crippen molar-refractivity contribution in [1.82, 2.24) is 19.7 Å². The number of unbranched alkanes of at least 4 members (excludes halogenated alkanes) is 1. The monoisotopic (exact) mass is 336 g/mol. The highest BCUT2D eigenvalue weighted by molar-refractivity contribution is 5.94. The van der Waals surface area contributed by atoms with Gasteiger partial charge in [-0.1, -0.05) is 31.0 Å². The number of amides is 1. The highest BCUT2D eigenvalue weighted by Crippen LogP contribution is 2.22. The Kier molecular flexibility index (Phi) is 5.03. The van der Waals surface area contributed by atoms with E-state index in [-0.39, 0.29) is 5.91 Å². The molecule has 0 radical (unpaired) electrons. The molecule has 0 atom stereocenters. The van der Waals surface area contributed by atoms with Crippen LogP contribution < -0.4 is 5.32 Å². The number of nitrogens with zero attached hydrogens (tertiary/aromatic N) is 3. The Balaban J connectivity index is 2.01. The highest BCUT2D eigenvalue weighted by Gasteiger charge is 2.18. The van der Waals surface area contributed by atoms with Gasteiger partial charge in [0.15, 0.2) is 0 Å². The van der Waals surface area contributed by atoms with E-state index in [1.807, 2.05) is 67.2 Å². The van der Waals surface area contributed by atoms with Crippen LogP contribution in [0.4, 0.5) is 0 Å². The van der Waals surface area contributed by atoms with Crippen LogP contribution in [0.3, 0.4) is 0 Å². The topological polar surface area (TPSA) is 51.9 Å². The first-order chi connectivity index (χ1) is 12.1. The number of benzene rings is 1. The van der Waals surface area contributed by atoms with Crippen molar-refractivity contribution in [2.75, 3.05) is 6.54 Å². The largest absolute Gasteiger partial charge is 0.351 e. The maximum Gasteiger partial charge on any atom is 0.270 e. The molecule has 3 aromatic rings. The van der Waals surface area contributed by atoms with Crippen LogP contribution in [-0.4, -0.2) is 26.8 Å². The Hall–Kier alpha value is -2.82. The lowest BCUT2D eigenvalue weighted by Crippen LogP contribution is -2.26. The standard InChI is InChI=1S/C20H24N4O/c1-4-5-12-21-20(25)19-14-17(18-7-6-13-23(18)3)22-24(19)16-10-8-15(2)9-11-16/h6-11,13-14H,4-5,12H2,1-3H3,(H,21,25). The van der Waals surface area contributed by atoms with Crippen LogP contribution in [0.2, 0.25) is 0 Å². The minimum absolute atomic E-state index is 0.0954. The van der Waals surface area contributed by atoms with Crippen LogP contribution in [0.1, 0.15) is 35.8 Å². The van der Waals surface area contributed by atoms with E-state index in [1.54, 1.807) is 4.68 Å². The lowest BCUT2D eigenvalue weighted by atomic mass is 10.2. The first kappa shape index (κ1) is 17.0. The van der Waals surface area contributed by atoms with E-state index in [0.717, 1.165) is 29.9 Å². The highest BCUT2D eigenvalue weighted by atomic mass is 16.2. The summed E-state index contributed by atoms with van der Waals surface area (Å²) in [4.78, 5) is 12.7. The molecule has 2 heterocycles. The van der Waals surface area contributed by atoms with Crippen molar-refractivity contribution in [2.24, 2.45) is 7.05 Å². The van der Waals surface area contributed by atoms with Gasteiger partial charge in [-0.3, -0.25) is 4.79 Å². The summed E-state index contributed by atoms with van der Waals surface area (Å²) in [5.74, 6) is -0.0954. The molecule has 0 unspecified atom stereocenters. The van der Waals surface area contributed by atoms with E-state index in [1.165, 1.54) is 5.56 Å². The van der Waals surface area contributed by atoms with Gasteiger partial charge in [-0.25, -0.2) is 4.68 Å². The Bertz CT molecular complexity index is 858. The van der Waals surface area contributed by atoms with Crippen molar-refractivity contribution in [3.63, 3.8) is 0 Å². The lowest BCUT2D eigenvalue weighted by molar-refractivity contribution is 0.0945. The summed E-state index contributed by atoms with van der Waals surface area (Å²) in [6.45, 7) is 4.82. The number of carbonyl (C=O) groups excluding carboxylic acids is 1. The van der Waals surface area contributed by atoms with Crippen molar-refractivity contribution in [1.29, 1.82) is 0 Å². The fourth-order valence-corrected chi connectivity index (χ4v) is 2.75. The Morgan fingerprint density at radius 2 is 1.96 bits per heavy atom. The number of hydrogen-bond acceptors (Lipinski definition) is 2. The molecular formula is C20H24N4O. The first-order valence-corrected chi connectivity index (χ1v) is 8.67. The average molecular weight is 336 g/mol. The van der Waals surface area contributed by atoms with Gasteiger partial charge in [0.25, 0.3) is 5.91 Å². The zero-order chi connectivity index (χ0) is 17.8. The maximum absolute atomic E-state index is 12.7. The molecule has 1 aromatic carbocycles. The van der Waals surface area contributed by atoms with Crippen LogP contribution in [-0.2, 0) is 7.05 Å². The number of nitrogens with one attached hydrogen (secondary N) is 1. The first-order valence-electron chi connectivity index (χ1n) is 8.67. The van der Waals surface area contributed by atoms with Crippen molar-refractivity contribution >= 4 is 5.91 Å². The summed E-state index contributed by atoms with van der Waals surface area (Å²) in [5.41, 5.74) is 4.37. The van der Waals surface area contributed by atoms with E-state index in [9.17, 15) is 4.79 Å². The van der Waals surface area contributed by atoms with Crippen LogP contribution in [0.5, 0.6) is 0 Å². The van der Waals surface area contributed by atoms with Gasteiger partial charge in [0.1, 0.15) is 11.4 Å². The summed E-state index contributed by atoms with van der Waals surface area (Å²) >= 11 is 0. The summed E-state index contributed by atoms with van der Waals surface area (Å²) < 4.78 is 3.73. The smallest absolute Gasteiger partial charge is 0.270 e. The summed E-state index contributed by atoms with van der Waals surface area (Å²) in [5, 5.41) is 7.69. The second kappa shape index (κ2) is 7.38. The fraction of sp³-hybridized carbons (Fsp3) is 0.300. The van der Waals surface area contributed by atoms with Crippen molar-refractivity contribution in [3.8, 4) is 17.1 Å². The van der Waals surface area contributed by atoms with Gasteiger partial charge < -0.3 is 9.88 Å². The summed E-state index contributed by atoms with van der Waals surface area (Å²) in [7, 11) is 1.97. The van der Waals surface area contributed by atoms with Gasteiger partial charge in [0, 0.05) is 19.8 Å². The summed E-state index contributed by atoms with van der Waals surface area (Å²) in [6, 6.07) is 13.9. The Morgan fingerprint density at radius 1 is 1.20 bits per heavy atom. The molecule has 0 aliphatic rings. The van der Waals surface area contributed by atoms with Crippen molar-refractivity contribution in [2.45, 2.75) is 26.7 Å². The van der Waals surface area contributed by atoms with E-state index >= 15 is 0 Å². The number of aromatic nitrogens is 3. The zero-order valence-corrected chi connectivity index (χ0v) is 15.0. The van der Waals surface area contributed by atoms with E-state index in [2.05, 4.69) is 12.2 Å². The summed E-state index contributed by atoms with van der Waals surface area (Å²) in [6.07, 6.45) is 3.99. The Labute approximate surface area is 148 Å². The van der Waals surface area contributed by atoms with E-state index < -0.39 is 0 Å². The van der Waals surface area contributed by atoms with Crippen LogP contribution in [0.25, 0.3) is 17.1 Å². The predicted octanol–water partition coefficient (Wildman–Crippen LogP) is 3.72. The third-order valence-corrected chi connectivity index (χ3v) is 4.24. The minimum Gasteiger partial charge on any atom is -0.351 e. The van der Waals surface area contributed by atoms with Crippen LogP contribution in [0.15, 0.2) is 48.7 Å². The second-order valence-electron chi connectivity index (χ2n) is 6.28. The molecule has 0 aliphatic heterocycles. The molecule has 5 heteroatoms. The molecule has 3 rings (SSSR count).